The second-order valence-electron chi connectivity index (χ2n) is 7.95. The molecule has 1 aliphatic carbocycles. The molecule has 2 aromatic carbocycles. The van der Waals surface area contributed by atoms with Gasteiger partial charge in [-0.15, -0.1) is 0 Å². The van der Waals surface area contributed by atoms with Crippen molar-refractivity contribution in [3.63, 3.8) is 0 Å². The predicted octanol–water partition coefficient (Wildman–Crippen LogP) is 3.98. The van der Waals surface area contributed by atoms with E-state index in [1.807, 2.05) is 31.2 Å². The third-order valence-corrected chi connectivity index (χ3v) is 5.65. The minimum atomic E-state index is -0.815. The molecule has 2 aromatic rings. The average Bonchev–Trinajstić information content (AvgIpc) is 2.95. The van der Waals surface area contributed by atoms with Gasteiger partial charge in [-0.05, 0) is 56.2 Å². The van der Waals surface area contributed by atoms with E-state index in [1.165, 1.54) is 0 Å². The molecule has 30 heavy (non-hydrogen) atoms. The molecule has 1 heterocycles. The highest BCUT2D eigenvalue weighted by atomic mass is 16.5. The number of benzene rings is 2. The fourth-order valence-electron chi connectivity index (χ4n) is 4.01. The minimum Gasteiger partial charge on any atom is -0.457 e. The number of nitrogens with zero attached hydrogens (tertiary/aromatic N) is 1. The lowest BCUT2D eigenvalue weighted by molar-refractivity contribution is -0.134. The van der Waals surface area contributed by atoms with Gasteiger partial charge in [0.25, 0.3) is 5.91 Å². The monoisotopic (exact) mass is 407 g/mol. The number of amides is 4. The lowest BCUT2D eigenvalue weighted by Crippen LogP contribution is -2.48. The van der Waals surface area contributed by atoms with Gasteiger partial charge in [-0.25, -0.2) is 4.79 Å². The molecule has 1 saturated heterocycles. The average molecular weight is 407 g/mol. The fourth-order valence-corrected chi connectivity index (χ4v) is 4.01. The fraction of sp³-hybridized carbons (Fsp3) is 0.348. The lowest BCUT2D eigenvalue weighted by Gasteiger charge is -2.30. The smallest absolute Gasteiger partial charge is 0.325 e. The Balaban J connectivity index is 1.34. The summed E-state index contributed by atoms with van der Waals surface area (Å²) >= 11 is 0. The van der Waals surface area contributed by atoms with Gasteiger partial charge in [0.2, 0.25) is 5.91 Å². The maximum atomic E-state index is 12.8. The van der Waals surface area contributed by atoms with Crippen molar-refractivity contribution in [2.75, 3.05) is 11.9 Å². The zero-order valence-corrected chi connectivity index (χ0v) is 16.9. The Bertz CT molecular complexity index is 947. The highest BCUT2D eigenvalue weighted by molar-refractivity contribution is 6.10. The van der Waals surface area contributed by atoms with E-state index in [0.717, 1.165) is 35.5 Å². The summed E-state index contributed by atoms with van der Waals surface area (Å²) in [6.45, 7) is 1.71. The summed E-state index contributed by atoms with van der Waals surface area (Å²) in [5.74, 6) is 0.667. The predicted molar refractivity (Wildman–Crippen MR) is 112 cm³/mol. The standard InChI is InChI=1S/C23H25N3O4/c1-16-5-9-18(10-6-16)30-19-11-7-17(8-12-19)24-20(27)15-26-21(28)23(25-22(26)29)13-3-2-4-14-23/h5-12H,2-4,13-15H2,1H3,(H,24,27)(H,25,29). The van der Waals surface area contributed by atoms with Crippen LogP contribution in [0.15, 0.2) is 48.5 Å². The van der Waals surface area contributed by atoms with Crippen LogP contribution < -0.4 is 15.4 Å². The summed E-state index contributed by atoms with van der Waals surface area (Å²) in [5.41, 5.74) is 0.903. The third kappa shape index (κ3) is 4.15. The van der Waals surface area contributed by atoms with Crippen molar-refractivity contribution in [3.8, 4) is 11.5 Å². The van der Waals surface area contributed by atoms with Gasteiger partial charge in [0.05, 0.1) is 0 Å². The summed E-state index contributed by atoms with van der Waals surface area (Å²) < 4.78 is 5.77. The van der Waals surface area contributed by atoms with Gasteiger partial charge < -0.3 is 15.4 Å². The van der Waals surface area contributed by atoms with Crippen LogP contribution in [0.25, 0.3) is 0 Å². The van der Waals surface area contributed by atoms with Crippen LogP contribution in [0.1, 0.15) is 37.7 Å². The first-order valence-electron chi connectivity index (χ1n) is 10.2. The van der Waals surface area contributed by atoms with Crippen molar-refractivity contribution in [1.82, 2.24) is 10.2 Å². The Kier molecular flexibility index (Phi) is 5.44. The molecule has 0 radical (unpaired) electrons. The van der Waals surface area contributed by atoms with Crippen molar-refractivity contribution in [1.29, 1.82) is 0 Å². The molecular weight excluding hydrogens is 382 g/mol. The van der Waals surface area contributed by atoms with Gasteiger partial charge in [0, 0.05) is 5.69 Å². The van der Waals surface area contributed by atoms with E-state index in [0.29, 0.717) is 24.3 Å². The molecule has 2 N–H and O–H groups in total. The zero-order valence-electron chi connectivity index (χ0n) is 16.9. The molecule has 0 unspecified atom stereocenters. The first-order chi connectivity index (χ1) is 14.4. The Labute approximate surface area is 175 Å². The van der Waals surface area contributed by atoms with Gasteiger partial charge >= 0.3 is 6.03 Å². The molecule has 7 heteroatoms. The molecular formula is C23H25N3O4. The maximum Gasteiger partial charge on any atom is 0.325 e. The second-order valence-corrected chi connectivity index (χ2v) is 7.95. The summed E-state index contributed by atoms with van der Waals surface area (Å²) in [7, 11) is 0. The number of rotatable bonds is 5. The topological polar surface area (TPSA) is 87.7 Å². The zero-order chi connectivity index (χ0) is 21.1. The molecule has 4 rings (SSSR count). The van der Waals surface area contributed by atoms with Crippen LogP contribution in [-0.2, 0) is 9.59 Å². The first-order valence-corrected chi connectivity index (χ1v) is 10.2. The number of ether oxygens (including phenoxy) is 1. The van der Waals surface area contributed by atoms with Crippen LogP contribution in [-0.4, -0.2) is 34.8 Å². The molecule has 156 valence electrons. The van der Waals surface area contributed by atoms with Gasteiger partial charge in [-0.2, -0.15) is 0 Å². The van der Waals surface area contributed by atoms with Gasteiger partial charge in [-0.1, -0.05) is 37.0 Å². The van der Waals surface area contributed by atoms with Crippen LogP contribution in [0.5, 0.6) is 11.5 Å². The molecule has 1 saturated carbocycles. The number of imide groups is 1. The van der Waals surface area contributed by atoms with Gasteiger partial charge in [-0.3, -0.25) is 14.5 Å². The largest absolute Gasteiger partial charge is 0.457 e. The highest BCUT2D eigenvalue weighted by Crippen LogP contribution is 2.33. The van der Waals surface area contributed by atoms with E-state index >= 15 is 0 Å². The van der Waals surface area contributed by atoms with E-state index in [-0.39, 0.29) is 12.5 Å². The molecule has 1 spiro atoms. The Morgan fingerprint density at radius 1 is 1.00 bits per heavy atom. The number of nitrogens with one attached hydrogen (secondary N) is 2. The first kappa shape index (κ1) is 19.9. The van der Waals surface area contributed by atoms with Crippen molar-refractivity contribution in [2.45, 2.75) is 44.6 Å². The summed E-state index contributed by atoms with van der Waals surface area (Å²) in [4.78, 5) is 38.5. The molecule has 0 atom stereocenters. The Morgan fingerprint density at radius 3 is 2.23 bits per heavy atom. The van der Waals surface area contributed by atoms with Crippen LogP contribution in [0.4, 0.5) is 10.5 Å². The highest BCUT2D eigenvalue weighted by Gasteiger charge is 2.51. The van der Waals surface area contributed by atoms with Crippen LogP contribution in [0, 0.1) is 6.92 Å². The van der Waals surface area contributed by atoms with Gasteiger partial charge in [0.15, 0.2) is 0 Å². The van der Waals surface area contributed by atoms with E-state index < -0.39 is 17.5 Å². The number of hydrogen-bond acceptors (Lipinski definition) is 4. The second kappa shape index (κ2) is 8.18. The molecule has 2 fully saturated rings. The van der Waals surface area contributed by atoms with Crippen LogP contribution in [0.2, 0.25) is 0 Å². The molecule has 7 nitrogen and oxygen atoms in total. The number of carbonyl (C=O) groups is 3. The quantitative estimate of drug-likeness (QED) is 0.734. The van der Waals surface area contributed by atoms with Crippen molar-refractivity contribution in [3.05, 3.63) is 54.1 Å². The van der Waals surface area contributed by atoms with Crippen molar-refractivity contribution in [2.24, 2.45) is 0 Å². The van der Waals surface area contributed by atoms with Crippen LogP contribution in [0.3, 0.4) is 0 Å². The van der Waals surface area contributed by atoms with E-state index in [2.05, 4.69) is 10.6 Å². The number of urea groups is 1. The molecule has 4 amide bonds. The third-order valence-electron chi connectivity index (χ3n) is 5.65. The number of carbonyl (C=O) groups excluding carboxylic acids is 3. The number of aryl methyl sites for hydroxylation is 1. The maximum absolute atomic E-state index is 12.8. The Hall–Kier alpha value is -3.35. The van der Waals surface area contributed by atoms with E-state index in [9.17, 15) is 14.4 Å². The number of anilines is 1. The SMILES string of the molecule is Cc1ccc(Oc2ccc(NC(=O)CN3C(=O)NC4(CCCCC4)C3=O)cc2)cc1. The Morgan fingerprint density at radius 2 is 1.60 bits per heavy atom. The summed E-state index contributed by atoms with van der Waals surface area (Å²) in [6, 6.07) is 14.2. The van der Waals surface area contributed by atoms with Crippen LogP contribution >= 0.6 is 0 Å². The van der Waals surface area contributed by atoms with Gasteiger partial charge in [0.1, 0.15) is 23.6 Å². The minimum absolute atomic E-state index is 0.288. The molecule has 0 bridgehead atoms. The normalized spacial score (nSPS) is 17.7. The molecule has 0 aromatic heterocycles. The molecule has 2 aliphatic rings. The molecule has 1 aliphatic heterocycles. The van der Waals surface area contributed by atoms with E-state index in [4.69, 9.17) is 4.74 Å². The van der Waals surface area contributed by atoms with Crippen molar-refractivity contribution < 1.29 is 19.1 Å². The number of hydrogen-bond donors (Lipinski definition) is 2. The summed E-state index contributed by atoms with van der Waals surface area (Å²) in [6.07, 6.45) is 4.15. The van der Waals surface area contributed by atoms with Crippen molar-refractivity contribution >= 4 is 23.5 Å². The lowest BCUT2D eigenvalue weighted by atomic mass is 9.82. The summed E-state index contributed by atoms with van der Waals surface area (Å²) in [5, 5.41) is 5.54. The van der Waals surface area contributed by atoms with E-state index in [1.54, 1.807) is 24.3 Å².